The molecule has 9 heterocycles. The zero-order valence-corrected chi connectivity index (χ0v) is 53.8. The van der Waals surface area contributed by atoms with Gasteiger partial charge in [-0.25, -0.2) is 26.9 Å². The van der Waals surface area contributed by atoms with E-state index in [9.17, 15) is 45.9 Å². The second-order valence-electron chi connectivity index (χ2n) is 19.8. The fourth-order valence-electron chi connectivity index (χ4n) is 8.90. The molecule has 0 saturated heterocycles. The molecule has 25 nitrogen and oxygen atoms in total. The number of carbonyl (C=O) groups is 5. The summed E-state index contributed by atoms with van der Waals surface area (Å²) in [6, 6.07) is 13.4. The number of esters is 3. The molecule has 0 spiro atoms. The predicted octanol–water partition coefficient (Wildman–Crippen LogP) is 9.83. The highest BCUT2D eigenvalue weighted by Gasteiger charge is 2.33. The lowest BCUT2D eigenvalue weighted by Crippen LogP contribution is -2.25. The number of methoxy groups -OCH3 is 3. The van der Waals surface area contributed by atoms with E-state index in [0.717, 1.165) is 116 Å². The minimum absolute atomic E-state index is 0.0109. The zero-order chi connectivity index (χ0) is 66.1. The smallest absolute Gasteiger partial charge is 0.326 e. The number of anilines is 4. The summed E-state index contributed by atoms with van der Waals surface area (Å²) in [5.41, 5.74) is 12.8. The van der Waals surface area contributed by atoms with Gasteiger partial charge in [-0.15, -0.1) is 40.8 Å². The molecule has 35 heteroatoms. The Bertz CT molecular complexity index is 3640. The monoisotopic (exact) mass is 1410 g/mol. The second kappa shape index (κ2) is 35.6. The molecular formula is C57H57BrF5N17O8S4. The average molecular weight is 1410 g/mol. The fraction of sp³-hybridized carbons (Fsp3) is 0.333. The molecule has 2 amide bonds. The number of nitrogens with two attached hydrogens (primary N) is 2. The Morgan fingerprint density at radius 1 is 0.478 bits per heavy atom. The van der Waals surface area contributed by atoms with E-state index in [2.05, 4.69) is 106 Å². The van der Waals surface area contributed by atoms with E-state index in [1.807, 2.05) is 0 Å². The van der Waals surface area contributed by atoms with Crippen molar-refractivity contribution in [3.63, 3.8) is 0 Å². The first-order valence-electron chi connectivity index (χ1n) is 27.6. The summed E-state index contributed by atoms with van der Waals surface area (Å²) in [5, 5.41) is 44.1. The molecule has 2 aliphatic carbocycles. The summed E-state index contributed by atoms with van der Waals surface area (Å²) in [4.78, 5) is 76.8. The van der Waals surface area contributed by atoms with Gasteiger partial charge in [0.2, 0.25) is 32.3 Å². The van der Waals surface area contributed by atoms with Crippen molar-refractivity contribution in [2.75, 3.05) is 43.4 Å². The third-order valence-corrected chi connectivity index (χ3v) is 17.5. The van der Waals surface area contributed by atoms with Crippen molar-refractivity contribution in [1.82, 2.24) is 65.7 Å². The van der Waals surface area contributed by atoms with Gasteiger partial charge in [0.1, 0.15) is 53.7 Å². The van der Waals surface area contributed by atoms with Gasteiger partial charge < -0.3 is 36.3 Å². The number of ether oxygens (including phenoxy) is 3. The quantitative estimate of drug-likeness (QED) is 0.0244. The van der Waals surface area contributed by atoms with Crippen LogP contribution in [0.15, 0.2) is 96.3 Å². The first-order chi connectivity index (χ1) is 44.2. The van der Waals surface area contributed by atoms with Crippen molar-refractivity contribution in [3.8, 4) is 0 Å². The van der Waals surface area contributed by atoms with Crippen molar-refractivity contribution in [2.45, 2.75) is 100 Å². The van der Waals surface area contributed by atoms with Crippen LogP contribution >= 0.6 is 61.3 Å². The Kier molecular flexibility index (Phi) is 27.3. The average Bonchev–Trinajstić information content (AvgIpc) is 1.73. The van der Waals surface area contributed by atoms with E-state index >= 15 is 0 Å². The van der Waals surface area contributed by atoms with E-state index in [-0.39, 0.29) is 60.4 Å². The fourth-order valence-corrected chi connectivity index (χ4v) is 12.5. The molecule has 484 valence electrons. The highest BCUT2D eigenvalue weighted by Crippen LogP contribution is 2.45. The van der Waals surface area contributed by atoms with Crippen LogP contribution in [0.5, 0.6) is 0 Å². The highest BCUT2D eigenvalue weighted by atomic mass is 79.9. The third-order valence-electron chi connectivity index (χ3n) is 13.2. The van der Waals surface area contributed by atoms with Crippen molar-refractivity contribution in [3.05, 3.63) is 168 Å². The number of rotatable bonds is 15. The van der Waals surface area contributed by atoms with Crippen molar-refractivity contribution in [1.29, 1.82) is 0 Å². The lowest BCUT2D eigenvalue weighted by molar-refractivity contribution is -0.154. The number of hydrogen-bond acceptors (Lipinski definition) is 27. The predicted molar refractivity (Wildman–Crippen MR) is 332 cm³/mol. The van der Waals surface area contributed by atoms with Crippen LogP contribution in [-0.4, -0.2) is 117 Å². The molecule has 0 bridgehead atoms. The van der Waals surface area contributed by atoms with Crippen LogP contribution in [0.3, 0.4) is 0 Å². The van der Waals surface area contributed by atoms with Crippen LogP contribution in [-0.2, 0) is 57.4 Å². The van der Waals surface area contributed by atoms with Crippen LogP contribution in [0, 0.1) is 29.1 Å². The van der Waals surface area contributed by atoms with E-state index in [1.54, 1.807) is 6.07 Å². The number of amides is 2. The summed E-state index contributed by atoms with van der Waals surface area (Å²) >= 11 is 8.74. The van der Waals surface area contributed by atoms with Crippen molar-refractivity contribution in [2.24, 2.45) is 0 Å². The molecule has 4 atom stereocenters. The molecule has 6 N–H and O–H groups in total. The highest BCUT2D eigenvalue weighted by molar-refractivity contribution is 9.10. The van der Waals surface area contributed by atoms with Crippen molar-refractivity contribution < 1.29 is 60.1 Å². The maximum absolute atomic E-state index is 13.0. The number of nitrogens with one attached hydrogen (secondary N) is 2. The standard InChI is InChI=1S/C24H22F2N8O2S2.C10H10FNO4.C10H14N6S2.C8H8FNO2.C5H3BrFN/c25-15-4-6-17(27-11-15)9-19(35)29-23-33-31-21(37-23)13-2-1-3-14(8-13)22-32-34-24(38-22)30-20(36)10-18-7-5-16(26)12-28-18;1-15-9(13)8(10(14)16-2)7-4-3-6(11)5-12-7;11-9-15-13-7(17-9)5-2-1-3-6(4-5)8-14-16-10(12)18-8;1-12-8(11)4-7-3-2-6(9)5-10-7;6-5-2-1-4(7)3-8-5/h4-7,11-14H,1-3,8-10H2,(H,29,33,35)(H,30,34,36);3-5,8H,1-2H3;5-6H,1-4H2,(H2,11,15)(H2,12,16);2-3,5H,4H2,1H3;1-3H/t13-,14-;;5-,6-;;/m0.0../s1. The molecule has 0 unspecified atom stereocenters. The first-order valence-corrected chi connectivity index (χ1v) is 31.7. The van der Waals surface area contributed by atoms with Gasteiger partial charge in [-0.2, -0.15) is 0 Å². The zero-order valence-electron chi connectivity index (χ0n) is 49.0. The summed E-state index contributed by atoms with van der Waals surface area (Å²) in [7, 11) is 3.58. The molecule has 0 aliphatic heterocycles. The van der Waals surface area contributed by atoms with Crippen LogP contribution < -0.4 is 22.1 Å². The summed E-state index contributed by atoms with van der Waals surface area (Å²) < 4.78 is 76.9. The van der Waals surface area contributed by atoms with Crippen LogP contribution in [0.4, 0.5) is 42.5 Å². The number of nitrogens with zero attached hydrogens (tertiary/aromatic N) is 13. The molecule has 2 saturated carbocycles. The molecule has 92 heavy (non-hydrogen) atoms. The molecule has 2 aliphatic rings. The van der Waals surface area contributed by atoms with Crippen molar-refractivity contribution >= 4 is 112 Å². The Balaban J connectivity index is 0.000000184. The van der Waals surface area contributed by atoms with Gasteiger partial charge in [0.15, 0.2) is 5.92 Å². The summed E-state index contributed by atoms with van der Waals surface area (Å²) in [5.74, 6) is -4.82. The van der Waals surface area contributed by atoms with Gasteiger partial charge in [-0.3, -0.25) is 43.9 Å². The minimum Gasteiger partial charge on any atom is -0.469 e. The topological polar surface area (TPSA) is 357 Å². The Hall–Kier alpha value is -8.93. The Morgan fingerprint density at radius 2 is 0.837 bits per heavy atom. The van der Waals surface area contributed by atoms with Crippen LogP contribution in [0.1, 0.15) is 124 Å². The van der Waals surface area contributed by atoms with Crippen LogP contribution in [0.25, 0.3) is 0 Å². The van der Waals surface area contributed by atoms with Gasteiger partial charge >= 0.3 is 17.9 Å². The number of nitrogen functional groups attached to an aromatic ring is 2. The Morgan fingerprint density at radius 3 is 1.15 bits per heavy atom. The Labute approximate surface area is 546 Å². The van der Waals surface area contributed by atoms with E-state index in [1.165, 1.54) is 107 Å². The van der Waals surface area contributed by atoms with E-state index in [0.29, 0.717) is 54.0 Å². The first kappa shape index (κ1) is 70.5. The molecule has 9 aromatic rings. The normalized spacial score (nSPS) is 15.6. The number of hydrogen-bond donors (Lipinski definition) is 4. The number of carbonyl (C=O) groups excluding carboxylic acids is 5. The minimum atomic E-state index is -1.28. The molecule has 9 aromatic heterocycles. The lowest BCUT2D eigenvalue weighted by Gasteiger charge is -2.25. The number of halogens is 6. The summed E-state index contributed by atoms with van der Waals surface area (Å²) in [6.07, 6.45) is 13.6. The SMILES string of the molecule is COC(=O)C(C(=O)OC)c1ccc(F)cn1.COC(=O)Cc1ccc(F)cn1.Fc1ccc(Br)nc1.Nc1nnc([C@H]2CCC[C@H](c3nnc(N)s3)C2)s1.O=C(Cc1ccc(F)cn1)Nc1nnc([C@H]2CCC[C@H](c3nnc(NC(=O)Cc4ccc(F)cn4)s3)C2)s1. The lowest BCUT2D eigenvalue weighted by atomic mass is 9.82. The van der Waals surface area contributed by atoms with Gasteiger partial charge in [-0.1, -0.05) is 58.2 Å². The molecular weight excluding hydrogens is 1350 g/mol. The third kappa shape index (κ3) is 22.8. The molecule has 11 rings (SSSR count). The number of pyridine rings is 5. The molecule has 0 radical (unpaired) electrons. The summed E-state index contributed by atoms with van der Waals surface area (Å²) in [6.45, 7) is 0. The van der Waals surface area contributed by atoms with Crippen LogP contribution in [0.2, 0.25) is 0 Å². The van der Waals surface area contributed by atoms with E-state index in [4.69, 9.17) is 11.5 Å². The number of aromatic nitrogens is 13. The van der Waals surface area contributed by atoms with Gasteiger partial charge in [0.05, 0.1) is 83.0 Å². The van der Waals surface area contributed by atoms with Gasteiger partial charge in [0.25, 0.3) is 0 Å². The molecule has 2 fully saturated rings. The maximum Gasteiger partial charge on any atom is 0.326 e. The van der Waals surface area contributed by atoms with Gasteiger partial charge in [-0.05, 0) is 115 Å². The van der Waals surface area contributed by atoms with E-state index < -0.39 is 41.1 Å². The maximum atomic E-state index is 13.0. The molecule has 0 aromatic carbocycles. The van der Waals surface area contributed by atoms with Gasteiger partial charge in [0, 0.05) is 35.1 Å². The largest absolute Gasteiger partial charge is 0.469 e. The second-order valence-corrected chi connectivity index (χ2v) is 24.7.